The summed E-state index contributed by atoms with van der Waals surface area (Å²) in [6.07, 6.45) is 3.59. The van der Waals surface area contributed by atoms with Gasteiger partial charge in [-0.05, 0) is 38.1 Å². The highest BCUT2D eigenvalue weighted by Crippen LogP contribution is 2.26. The second-order valence-electron chi connectivity index (χ2n) is 6.70. The van der Waals surface area contributed by atoms with Crippen LogP contribution in [0.4, 0.5) is 0 Å². The molecule has 1 aliphatic rings. The number of ether oxygens (including phenoxy) is 1. The molecule has 3 heterocycles. The van der Waals surface area contributed by atoms with Crippen LogP contribution >= 0.6 is 0 Å². The van der Waals surface area contributed by atoms with Crippen LogP contribution in [-0.2, 0) is 14.8 Å². The summed E-state index contributed by atoms with van der Waals surface area (Å²) in [6, 6.07) is 12.8. The molecule has 1 fully saturated rings. The first-order chi connectivity index (χ1) is 12.4. The highest BCUT2D eigenvalue weighted by Gasteiger charge is 2.32. The van der Waals surface area contributed by atoms with Gasteiger partial charge in [-0.1, -0.05) is 18.2 Å². The summed E-state index contributed by atoms with van der Waals surface area (Å²) in [7, 11) is -3.57. The third kappa shape index (κ3) is 3.13. The first kappa shape index (κ1) is 17.2. The highest BCUT2D eigenvalue weighted by molar-refractivity contribution is 7.89. The first-order valence-corrected chi connectivity index (χ1v) is 10.1. The lowest BCUT2D eigenvalue weighted by molar-refractivity contribution is -0.0440. The van der Waals surface area contributed by atoms with Crippen molar-refractivity contribution in [3.05, 3.63) is 54.9 Å². The third-order valence-corrected chi connectivity index (χ3v) is 6.35. The summed E-state index contributed by atoms with van der Waals surface area (Å²) in [5.41, 5.74) is 2.35. The second kappa shape index (κ2) is 6.50. The molecule has 7 heteroatoms. The minimum atomic E-state index is -3.57. The monoisotopic (exact) mass is 371 g/mol. The zero-order valence-corrected chi connectivity index (χ0v) is 15.6. The van der Waals surface area contributed by atoms with Gasteiger partial charge in [-0.25, -0.2) is 13.4 Å². The number of rotatable bonds is 3. The van der Waals surface area contributed by atoms with Crippen LogP contribution in [0.25, 0.3) is 16.9 Å². The Morgan fingerprint density at radius 3 is 2.58 bits per heavy atom. The van der Waals surface area contributed by atoms with Crippen molar-refractivity contribution in [2.75, 3.05) is 13.1 Å². The van der Waals surface area contributed by atoms with E-state index in [0.29, 0.717) is 13.1 Å². The van der Waals surface area contributed by atoms with Crippen molar-refractivity contribution in [2.45, 2.75) is 31.0 Å². The lowest BCUT2D eigenvalue weighted by atomic mass is 10.2. The van der Waals surface area contributed by atoms with E-state index < -0.39 is 10.0 Å². The van der Waals surface area contributed by atoms with Gasteiger partial charge in [-0.2, -0.15) is 4.31 Å². The van der Waals surface area contributed by atoms with Crippen molar-refractivity contribution < 1.29 is 13.2 Å². The molecule has 2 aromatic heterocycles. The fourth-order valence-corrected chi connectivity index (χ4v) is 5.00. The van der Waals surface area contributed by atoms with Crippen LogP contribution in [0.15, 0.2) is 59.8 Å². The van der Waals surface area contributed by atoms with E-state index in [4.69, 9.17) is 4.74 Å². The van der Waals surface area contributed by atoms with Gasteiger partial charge in [-0.15, -0.1) is 0 Å². The predicted molar refractivity (Wildman–Crippen MR) is 99.4 cm³/mol. The fourth-order valence-electron chi connectivity index (χ4n) is 3.37. The number of hydrogen-bond acceptors (Lipinski definition) is 4. The van der Waals surface area contributed by atoms with Gasteiger partial charge in [0, 0.05) is 31.0 Å². The topological polar surface area (TPSA) is 63.9 Å². The molecule has 0 radical (unpaired) electrons. The Bertz CT molecular complexity index is 1000. The van der Waals surface area contributed by atoms with Gasteiger partial charge in [0.15, 0.2) is 0 Å². The van der Waals surface area contributed by atoms with Gasteiger partial charge in [0.25, 0.3) is 0 Å². The SMILES string of the molecule is C[C@@H]1CN(S(=O)(=O)c2cccc(-c3cn4ccccc4n3)c2)C[C@@H](C)O1. The largest absolute Gasteiger partial charge is 0.373 e. The van der Waals surface area contributed by atoms with E-state index in [1.165, 1.54) is 4.31 Å². The zero-order valence-electron chi connectivity index (χ0n) is 14.7. The van der Waals surface area contributed by atoms with Crippen LogP contribution < -0.4 is 0 Å². The molecule has 0 amide bonds. The number of pyridine rings is 1. The molecule has 0 spiro atoms. The predicted octanol–water partition coefficient (Wildman–Crippen LogP) is 2.80. The number of nitrogens with zero attached hydrogens (tertiary/aromatic N) is 3. The number of morpholine rings is 1. The molecule has 2 atom stereocenters. The zero-order chi connectivity index (χ0) is 18.3. The number of benzene rings is 1. The van der Waals surface area contributed by atoms with E-state index in [9.17, 15) is 8.42 Å². The Morgan fingerprint density at radius 2 is 1.85 bits per heavy atom. The summed E-state index contributed by atoms with van der Waals surface area (Å²) in [6.45, 7) is 4.52. The van der Waals surface area contributed by atoms with Crippen LogP contribution in [0, 0.1) is 0 Å². The van der Waals surface area contributed by atoms with E-state index in [2.05, 4.69) is 4.98 Å². The number of aromatic nitrogens is 2. The minimum absolute atomic E-state index is 0.116. The number of fused-ring (bicyclic) bond motifs is 1. The molecule has 0 aliphatic carbocycles. The van der Waals surface area contributed by atoms with Crippen molar-refractivity contribution in [1.82, 2.24) is 13.7 Å². The molecule has 0 bridgehead atoms. The summed E-state index contributed by atoms with van der Waals surface area (Å²) in [4.78, 5) is 4.86. The fraction of sp³-hybridized carbons (Fsp3) is 0.316. The Hall–Kier alpha value is -2.22. The minimum Gasteiger partial charge on any atom is -0.373 e. The first-order valence-electron chi connectivity index (χ1n) is 8.63. The highest BCUT2D eigenvalue weighted by atomic mass is 32.2. The van der Waals surface area contributed by atoms with Crippen LogP contribution in [0.5, 0.6) is 0 Å². The molecule has 1 saturated heterocycles. The van der Waals surface area contributed by atoms with Crippen LogP contribution in [0.1, 0.15) is 13.8 Å². The standard InChI is InChI=1S/C19H21N3O3S/c1-14-11-22(12-15(2)25-14)26(23,24)17-7-5-6-16(10-17)18-13-21-9-4-3-8-19(21)20-18/h3-10,13-15H,11-12H2,1-2H3/t14-,15-/m1/s1. The molecule has 0 N–H and O–H groups in total. The molecular weight excluding hydrogens is 350 g/mol. The van der Waals surface area contributed by atoms with Crippen molar-refractivity contribution >= 4 is 15.7 Å². The maximum absolute atomic E-state index is 13.1. The number of hydrogen-bond donors (Lipinski definition) is 0. The lowest BCUT2D eigenvalue weighted by Crippen LogP contribution is -2.48. The Morgan fingerprint density at radius 1 is 1.08 bits per heavy atom. The molecule has 6 nitrogen and oxygen atoms in total. The average molecular weight is 371 g/mol. The summed E-state index contributed by atoms with van der Waals surface area (Å²) in [5.74, 6) is 0. The third-order valence-electron chi connectivity index (χ3n) is 4.52. The molecule has 0 saturated carbocycles. The molecule has 4 rings (SSSR count). The van der Waals surface area contributed by atoms with Gasteiger partial charge < -0.3 is 9.14 Å². The number of imidazole rings is 1. The van der Waals surface area contributed by atoms with E-state index in [-0.39, 0.29) is 17.1 Å². The van der Waals surface area contributed by atoms with Crippen LogP contribution in [0.2, 0.25) is 0 Å². The maximum Gasteiger partial charge on any atom is 0.243 e. The summed E-state index contributed by atoms with van der Waals surface area (Å²) >= 11 is 0. The quantitative estimate of drug-likeness (QED) is 0.710. The van der Waals surface area contributed by atoms with Gasteiger partial charge in [0.2, 0.25) is 10.0 Å². The molecule has 1 aromatic carbocycles. The van der Waals surface area contributed by atoms with Gasteiger partial charge in [-0.3, -0.25) is 0 Å². The Kier molecular flexibility index (Phi) is 4.30. The average Bonchev–Trinajstić information content (AvgIpc) is 3.05. The maximum atomic E-state index is 13.1. The van der Waals surface area contributed by atoms with Crippen molar-refractivity contribution in [2.24, 2.45) is 0 Å². The van der Waals surface area contributed by atoms with Crippen molar-refractivity contribution in [3.8, 4) is 11.3 Å². The summed E-state index contributed by atoms with van der Waals surface area (Å²) in [5, 5.41) is 0. The van der Waals surface area contributed by atoms with E-state index >= 15 is 0 Å². The van der Waals surface area contributed by atoms with E-state index in [1.54, 1.807) is 18.2 Å². The normalized spacial score (nSPS) is 21.9. The smallest absolute Gasteiger partial charge is 0.243 e. The van der Waals surface area contributed by atoms with Crippen LogP contribution in [0.3, 0.4) is 0 Å². The van der Waals surface area contributed by atoms with E-state index in [1.807, 2.05) is 54.9 Å². The molecular formula is C19H21N3O3S. The number of sulfonamides is 1. The van der Waals surface area contributed by atoms with Gasteiger partial charge >= 0.3 is 0 Å². The van der Waals surface area contributed by atoms with Gasteiger partial charge in [0.1, 0.15) is 5.65 Å². The Balaban J connectivity index is 1.70. The van der Waals surface area contributed by atoms with Crippen molar-refractivity contribution in [1.29, 1.82) is 0 Å². The Labute approximate surface area is 153 Å². The molecule has 3 aromatic rings. The summed E-state index contributed by atoms with van der Waals surface area (Å²) < 4.78 is 35.2. The lowest BCUT2D eigenvalue weighted by Gasteiger charge is -2.34. The molecule has 0 unspecified atom stereocenters. The molecule has 26 heavy (non-hydrogen) atoms. The van der Waals surface area contributed by atoms with E-state index in [0.717, 1.165) is 16.9 Å². The second-order valence-corrected chi connectivity index (χ2v) is 8.64. The van der Waals surface area contributed by atoms with Crippen molar-refractivity contribution in [3.63, 3.8) is 0 Å². The molecule has 136 valence electrons. The van der Waals surface area contributed by atoms with Crippen LogP contribution in [-0.4, -0.2) is 47.4 Å². The molecule has 1 aliphatic heterocycles. The van der Waals surface area contributed by atoms with Gasteiger partial charge in [0.05, 0.1) is 22.8 Å².